The summed E-state index contributed by atoms with van der Waals surface area (Å²) < 4.78 is 0. The Labute approximate surface area is 67.7 Å². The summed E-state index contributed by atoms with van der Waals surface area (Å²) in [5.74, 6) is 3.50. The molecule has 4 fully saturated rings. The lowest BCUT2D eigenvalue weighted by atomic mass is 9.55. The van der Waals surface area contributed by atoms with E-state index in [0.717, 1.165) is 29.4 Å². The molecular formula is C10H15N. The van der Waals surface area contributed by atoms with Gasteiger partial charge in [0.15, 0.2) is 0 Å². The van der Waals surface area contributed by atoms with Crippen LogP contribution in [0.1, 0.15) is 32.1 Å². The van der Waals surface area contributed by atoms with Crippen LogP contribution in [0, 0.1) is 29.1 Å². The van der Waals surface area contributed by atoms with Crippen molar-refractivity contribution in [1.82, 2.24) is 0 Å². The van der Waals surface area contributed by atoms with Crippen LogP contribution in [0.15, 0.2) is 0 Å². The zero-order valence-corrected chi connectivity index (χ0v) is 6.84. The fraction of sp³-hybridized carbons (Fsp3) is 0.900. The first-order valence-corrected chi connectivity index (χ1v) is 4.91. The van der Waals surface area contributed by atoms with Crippen molar-refractivity contribution in [3.8, 4) is 0 Å². The number of nitrogens with one attached hydrogen (secondary N) is 1. The van der Waals surface area contributed by atoms with Crippen LogP contribution in [0.25, 0.3) is 0 Å². The molecule has 4 aliphatic rings. The highest BCUT2D eigenvalue weighted by Crippen LogP contribution is 2.51. The first-order valence-electron chi connectivity index (χ1n) is 4.91. The highest BCUT2D eigenvalue weighted by molar-refractivity contribution is 5.87. The molecule has 11 heavy (non-hydrogen) atoms. The molecule has 0 spiro atoms. The highest BCUT2D eigenvalue weighted by Gasteiger charge is 2.45. The average Bonchev–Trinajstić information content (AvgIpc) is 1.98. The van der Waals surface area contributed by atoms with E-state index in [-0.39, 0.29) is 0 Å². The Morgan fingerprint density at radius 3 is 1.73 bits per heavy atom. The SMILES string of the molecule is N=C1C2CC3CC(C2)CC1C3. The molecule has 4 aliphatic carbocycles. The minimum atomic E-state index is 0.728. The number of hydrogen-bond donors (Lipinski definition) is 1. The van der Waals surface area contributed by atoms with E-state index in [4.69, 9.17) is 5.41 Å². The second-order valence-electron chi connectivity index (χ2n) is 4.76. The average molecular weight is 149 g/mol. The Hall–Kier alpha value is -0.330. The van der Waals surface area contributed by atoms with Gasteiger partial charge in [0.2, 0.25) is 0 Å². The fourth-order valence-corrected chi connectivity index (χ4v) is 3.69. The molecule has 0 radical (unpaired) electrons. The zero-order valence-electron chi connectivity index (χ0n) is 6.84. The molecule has 1 heteroatoms. The van der Waals surface area contributed by atoms with Gasteiger partial charge in [-0.3, -0.25) is 0 Å². The summed E-state index contributed by atoms with van der Waals surface area (Å²) in [4.78, 5) is 0. The maximum atomic E-state index is 7.91. The molecule has 4 rings (SSSR count). The van der Waals surface area contributed by atoms with E-state index in [1.54, 1.807) is 0 Å². The molecule has 0 aromatic rings. The maximum absolute atomic E-state index is 7.91. The Balaban J connectivity index is 1.96. The molecule has 1 N–H and O–H groups in total. The molecule has 0 atom stereocenters. The monoisotopic (exact) mass is 149 g/mol. The summed E-state index contributed by atoms with van der Waals surface area (Å²) in [6.07, 6.45) is 6.97. The summed E-state index contributed by atoms with van der Waals surface area (Å²) in [5.41, 5.74) is 1.12. The van der Waals surface area contributed by atoms with Gasteiger partial charge < -0.3 is 5.41 Å². The van der Waals surface area contributed by atoms with Crippen molar-refractivity contribution in [1.29, 1.82) is 5.41 Å². The van der Waals surface area contributed by atoms with Crippen molar-refractivity contribution in [2.24, 2.45) is 23.7 Å². The van der Waals surface area contributed by atoms with Crippen molar-refractivity contribution in [2.45, 2.75) is 32.1 Å². The lowest BCUT2D eigenvalue weighted by molar-refractivity contribution is 0.107. The molecule has 0 amide bonds. The quantitative estimate of drug-likeness (QED) is 0.547. The smallest absolute Gasteiger partial charge is 0.0151 e. The van der Waals surface area contributed by atoms with Crippen LogP contribution in [-0.2, 0) is 0 Å². The van der Waals surface area contributed by atoms with E-state index in [2.05, 4.69) is 0 Å². The minimum Gasteiger partial charge on any atom is -0.309 e. The Kier molecular flexibility index (Phi) is 1.06. The topological polar surface area (TPSA) is 23.9 Å². The fourth-order valence-electron chi connectivity index (χ4n) is 3.69. The molecule has 0 saturated heterocycles. The summed E-state index contributed by atoms with van der Waals surface area (Å²) in [5, 5.41) is 7.91. The third-order valence-electron chi connectivity index (χ3n) is 4.02. The lowest BCUT2D eigenvalue weighted by Gasteiger charge is -2.50. The summed E-state index contributed by atoms with van der Waals surface area (Å²) in [6, 6.07) is 0. The first-order chi connectivity index (χ1) is 5.33. The second-order valence-corrected chi connectivity index (χ2v) is 4.76. The van der Waals surface area contributed by atoms with Gasteiger partial charge in [0.05, 0.1) is 0 Å². The third-order valence-corrected chi connectivity index (χ3v) is 4.02. The van der Waals surface area contributed by atoms with E-state index in [1.165, 1.54) is 32.1 Å². The number of hydrogen-bond acceptors (Lipinski definition) is 1. The van der Waals surface area contributed by atoms with Crippen molar-refractivity contribution in [3.63, 3.8) is 0 Å². The van der Waals surface area contributed by atoms with Crippen LogP contribution in [0.5, 0.6) is 0 Å². The molecule has 0 aromatic heterocycles. The molecule has 60 valence electrons. The predicted molar refractivity (Wildman–Crippen MR) is 44.8 cm³/mol. The van der Waals surface area contributed by atoms with Gasteiger partial charge in [-0.25, -0.2) is 0 Å². The normalized spacial score (nSPS) is 53.6. The number of rotatable bonds is 0. The van der Waals surface area contributed by atoms with Gasteiger partial charge in [0.1, 0.15) is 0 Å². The van der Waals surface area contributed by atoms with Gasteiger partial charge in [0.25, 0.3) is 0 Å². The largest absolute Gasteiger partial charge is 0.309 e. The molecular weight excluding hydrogens is 134 g/mol. The molecule has 1 nitrogen and oxygen atoms in total. The van der Waals surface area contributed by atoms with Crippen LogP contribution in [-0.4, -0.2) is 5.71 Å². The van der Waals surface area contributed by atoms with E-state index >= 15 is 0 Å². The van der Waals surface area contributed by atoms with Gasteiger partial charge in [-0.1, -0.05) is 0 Å². The second kappa shape index (κ2) is 1.88. The standard InChI is InChI=1S/C10H15N/c11-10-8-2-6-1-7(4-8)5-9(10)3-6/h6-9,11H,1-5H2. The van der Waals surface area contributed by atoms with Crippen LogP contribution < -0.4 is 0 Å². The van der Waals surface area contributed by atoms with Crippen molar-refractivity contribution < 1.29 is 0 Å². The van der Waals surface area contributed by atoms with Crippen LogP contribution in [0.4, 0.5) is 0 Å². The molecule has 0 aromatic carbocycles. The Morgan fingerprint density at radius 2 is 1.27 bits per heavy atom. The van der Waals surface area contributed by atoms with E-state index in [1.807, 2.05) is 0 Å². The summed E-state index contributed by atoms with van der Waals surface area (Å²) in [7, 11) is 0. The van der Waals surface area contributed by atoms with Crippen molar-refractivity contribution in [2.75, 3.05) is 0 Å². The highest BCUT2D eigenvalue weighted by atomic mass is 14.6. The van der Waals surface area contributed by atoms with Gasteiger partial charge in [-0.2, -0.15) is 0 Å². The Bertz CT molecular complexity index is 177. The van der Waals surface area contributed by atoms with Gasteiger partial charge in [-0.15, -0.1) is 0 Å². The maximum Gasteiger partial charge on any atom is 0.0151 e. The van der Waals surface area contributed by atoms with Crippen molar-refractivity contribution >= 4 is 5.71 Å². The lowest BCUT2D eigenvalue weighted by Crippen LogP contribution is -2.45. The molecule has 4 bridgehead atoms. The third kappa shape index (κ3) is 0.743. The molecule has 4 saturated carbocycles. The first kappa shape index (κ1) is 6.22. The summed E-state index contributed by atoms with van der Waals surface area (Å²) >= 11 is 0. The van der Waals surface area contributed by atoms with Crippen LogP contribution in [0.3, 0.4) is 0 Å². The van der Waals surface area contributed by atoms with Gasteiger partial charge in [0, 0.05) is 5.71 Å². The predicted octanol–water partition coefficient (Wildman–Crippen LogP) is 2.46. The van der Waals surface area contributed by atoms with E-state index in [9.17, 15) is 0 Å². The van der Waals surface area contributed by atoms with E-state index in [0.29, 0.717) is 0 Å². The van der Waals surface area contributed by atoms with Crippen LogP contribution in [0.2, 0.25) is 0 Å². The summed E-state index contributed by atoms with van der Waals surface area (Å²) in [6.45, 7) is 0. The van der Waals surface area contributed by atoms with Gasteiger partial charge in [-0.05, 0) is 55.8 Å². The van der Waals surface area contributed by atoms with E-state index < -0.39 is 0 Å². The van der Waals surface area contributed by atoms with Crippen LogP contribution >= 0.6 is 0 Å². The Morgan fingerprint density at radius 1 is 0.818 bits per heavy atom. The zero-order chi connectivity index (χ0) is 7.42. The van der Waals surface area contributed by atoms with Gasteiger partial charge >= 0.3 is 0 Å². The minimum absolute atomic E-state index is 0.728. The molecule has 0 heterocycles. The van der Waals surface area contributed by atoms with Crippen molar-refractivity contribution in [3.05, 3.63) is 0 Å². The molecule has 0 aliphatic heterocycles. The molecule has 0 unspecified atom stereocenters.